The van der Waals surface area contributed by atoms with Crippen molar-refractivity contribution < 1.29 is 19.0 Å². The molecule has 2 aliphatic heterocycles. The number of benzene rings is 2. The van der Waals surface area contributed by atoms with Crippen LogP contribution in [0.25, 0.3) is 10.9 Å². The van der Waals surface area contributed by atoms with Crippen molar-refractivity contribution in [2.24, 2.45) is 5.92 Å². The van der Waals surface area contributed by atoms with Crippen molar-refractivity contribution in [3.63, 3.8) is 0 Å². The van der Waals surface area contributed by atoms with Gasteiger partial charge < -0.3 is 24.4 Å². The molecule has 8 nitrogen and oxygen atoms in total. The second-order valence-corrected chi connectivity index (χ2v) is 9.55. The summed E-state index contributed by atoms with van der Waals surface area (Å²) in [5, 5.41) is 4.40. The maximum Gasteiger partial charge on any atom is 0.225 e. The molecule has 2 aliphatic rings. The molecule has 2 fully saturated rings. The maximum absolute atomic E-state index is 12.9. The monoisotopic (exact) mass is 490 g/mol. The minimum absolute atomic E-state index is 0.0133. The third-order valence-electron chi connectivity index (χ3n) is 7.19. The second-order valence-electron chi connectivity index (χ2n) is 9.55. The zero-order valence-electron chi connectivity index (χ0n) is 21.0. The molecule has 0 bridgehead atoms. The van der Waals surface area contributed by atoms with Crippen LogP contribution in [0, 0.1) is 5.92 Å². The summed E-state index contributed by atoms with van der Waals surface area (Å²) in [6.45, 7) is 4.90. The van der Waals surface area contributed by atoms with Gasteiger partial charge in [0.25, 0.3) is 0 Å². The Morgan fingerprint density at radius 3 is 2.53 bits per heavy atom. The van der Waals surface area contributed by atoms with E-state index >= 15 is 0 Å². The van der Waals surface area contributed by atoms with Gasteiger partial charge in [0, 0.05) is 62.6 Å². The largest absolute Gasteiger partial charge is 0.493 e. The number of methoxy groups -OCH3 is 1. The highest BCUT2D eigenvalue weighted by Gasteiger charge is 2.30. The number of hydrogen-bond acceptors (Lipinski definition) is 7. The summed E-state index contributed by atoms with van der Waals surface area (Å²) in [5.74, 6) is 2.43. The Kier molecular flexibility index (Phi) is 7.51. The van der Waals surface area contributed by atoms with Crippen molar-refractivity contribution >= 4 is 22.6 Å². The lowest BCUT2D eigenvalue weighted by atomic mass is 9.97. The predicted octanol–water partition coefficient (Wildman–Crippen LogP) is 4.61. The maximum atomic E-state index is 12.9. The molecule has 0 unspecified atom stereocenters. The molecule has 0 spiro atoms. The first-order valence-electron chi connectivity index (χ1n) is 12.8. The van der Waals surface area contributed by atoms with E-state index in [0.717, 1.165) is 42.4 Å². The summed E-state index contributed by atoms with van der Waals surface area (Å²) in [6, 6.07) is 14.2. The van der Waals surface area contributed by atoms with Gasteiger partial charge >= 0.3 is 0 Å². The van der Waals surface area contributed by atoms with Gasteiger partial charge in [-0.15, -0.1) is 0 Å². The predicted molar refractivity (Wildman–Crippen MR) is 138 cm³/mol. The fourth-order valence-corrected chi connectivity index (χ4v) is 5.04. The summed E-state index contributed by atoms with van der Waals surface area (Å²) in [7, 11) is 1.64. The van der Waals surface area contributed by atoms with Gasteiger partial charge in [0.2, 0.25) is 5.91 Å². The topological polar surface area (TPSA) is 85.8 Å². The number of nitrogens with one attached hydrogen (secondary N) is 1. The minimum atomic E-state index is 0.0133. The highest BCUT2D eigenvalue weighted by Crippen LogP contribution is 2.36. The first-order valence-corrected chi connectivity index (χ1v) is 12.8. The second kappa shape index (κ2) is 11.1. The molecule has 0 saturated carbocycles. The molecule has 1 N–H and O–H groups in total. The van der Waals surface area contributed by atoms with Crippen LogP contribution in [0.2, 0.25) is 0 Å². The normalized spacial score (nSPS) is 18.1. The van der Waals surface area contributed by atoms with Crippen molar-refractivity contribution in [3.8, 4) is 11.5 Å². The Labute approximate surface area is 212 Å². The zero-order valence-corrected chi connectivity index (χ0v) is 21.0. The number of aromatic nitrogens is 2. The SMILES string of the molecule is COc1cc2ncnc(N[C@H](C)c3ccccc3)c2cc1OC1CCN(C(=O)C2CCOCC2)CC1. The molecular formula is C28H34N4O4. The fraction of sp³-hybridized carbons (Fsp3) is 0.464. The van der Waals surface area contributed by atoms with Crippen molar-refractivity contribution in [2.75, 3.05) is 38.7 Å². The van der Waals surface area contributed by atoms with Crippen LogP contribution in [-0.4, -0.2) is 60.3 Å². The number of ether oxygens (including phenoxy) is 3. The lowest BCUT2D eigenvalue weighted by molar-refractivity contribution is -0.140. The molecule has 8 heteroatoms. The molecular weight excluding hydrogens is 456 g/mol. The first-order chi connectivity index (χ1) is 17.6. The molecule has 5 rings (SSSR count). The quantitative estimate of drug-likeness (QED) is 0.518. The van der Waals surface area contributed by atoms with E-state index in [0.29, 0.717) is 37.8 Å². The van der Waals surface area contributed by atoms with Crippen LogP contribution in [0.3, 0.4) is 0 Å². The van der Waals surface area contributed by atoms with Crippen LogP contribution in [0.1, 0.15) is 44.2 Å². The lowest BCUT2D eigenvalue weighted by Crippen LogP contribution is -2.45. The van der Waals surface area contributed by atoms with Crippen molar-refractivity contribution in [1.82, 2.24) is 14.9 Å². The number of nitrogens with zero attached hydrogens (tertiary/aromatic N) is 3. The van der Waals surface area contributed by atoms with Gasteiger partial charge in [-0.1, -0.05) is 30.3 Å². The number of anilines is 1. The molecule has 1 aromatic heterocycles. The Morgan fingerprint density at radius 2 is 1.81 bits per heavy atom. The summed E-state index contributed by atoms with van der Waals surface area (Å²) in [6.07, 6.45) is 4.80. The molecule has 3 aromatic rings. The average Bonchev–Trinajstić information content (AvgIpc) is 2.94. The molecule has 36 heavy (non-hydrogen) atoms. The number of piperidine rings is 1. The minimum Gasteiger partial charge on any atom is -0.493 e. The van der Waals surface area contributed by atoms with Crippen LogP contribution < -0.4 is 14.8 Å². The lowest BCUT2D eigenvalue weighted by Gasteiger charge is -2.35. The molecule has 3 heterocycles. The van der Waals surface area contributed by atoms with Gasteiger partial charge in [0.15, 0.2) is 11.5 Å². The van der Waals surface area contributed by atoms with Crippen molar-refractivity contribution in [1.29, 1.82) is 0 Å². The number of carbonyl (C=O) groups excluding carboxylic acids is 1. The van der Waals surface area contributed by atoms with E-state index in [1.807, 2.05) is 35.2 Å². The van der Waals surface area contributed by atoms with E-state index in [-0.39, 0.29) is 24.0 Å². The van der Waals surface area contributed by atoms with E-state index in [2.05, 4.69) is 34.3 Å². The molecule has 1 amide bonds. The van der Waals surface area contributed by atoms with Gasteiger partial charge in [0.1, 0.15) is 18.2 Å². The number of carbonyl (C=O) groups is 1. The standard InChI is InChI=1S/C28H34N4O4/c1-19(20-6-4-3-5-7-20)31-27-23-16-26(25(34-2)17-24(23)29-18-30-27)36-22-8-12-32(13-9-22)28(33)21-10-14-35-15-11-21/h3-7,16-19,21-22H,8-15H2,1-2H3,(H,29,30,31)/t19-/m1/s1. The van der Waals surface area contributed by atoms with E-state index in [1.54, 1.807) is 13.4 Å². The Hall–Kier alpha value is -3.39. The summed E-state index contributed by atoms with van der Waals surface area (Å²) < 4.78 is 17.5. The average molecular weight is 491 g/mol. The fourth-order valence-electron chi connectivity index (χ4n) is 5.04. The Balaban J connectivity index is 1.29. The van der Waals surface area contributed by atoms with E-state index in [4.69, 9.17) is 14.2 Å². The van der Waals surface area contributed by atoms with Gasteiger partial charge in [-0.05, 0) is 31.4 Å². The number of likely N-dealkylation sites (tertiary alicyclic amines) is 1. The van der Waals surface area contributed by atoms with Gasteiger partial charge in [0.05, 0.1) is 12.6 Å². The van der Waals surface area contributed by atoms with Crippen LogP contribution in [-0.2, 0) is 9.53 Å². The van der Waals surface area contributed by atoms with E-state index in [1.165, 1.54) is 5.56 Å². The van der Waals surface area contributed by atoms with Crippen molar-refractivity contribution in [2.45, 2.75) is 44.8 Å². The van der Waals surface area contributed by atoms with E-state index < -0.39 is 0 Å². The van der Waals surface area contributed by atoms with Gasteiger partial charge in [-0.2, -0.15) is 0 Å². The Bertz CT molecular complexity index is 1170. The molecule has 2 aromatic carbocycles. The summed E-state index contributed by atoms with van der Waals surface area (Å²) in [5.41, 5.74) is 1.96. The number of rotatable bonds is 7. The van der Waals surface area contributed by atoms with Crippen LogP contribution in [0.4, 0.5) is 5.82 Å². The molecule has 0 radical (unpaired) electrons. The molecule has 2 saturated heterocycles. The third kappa shape index (κ3) is 5.38. The number of hydrogen-bond donors (Lipinski definition) is 1. The first kappa shape index (κ1) is 24.3. The summed E-state index contributed by atoms with van der Waals surface area (Å²) in [4.78, 5) is 23.8. The van der Waals surface area contributed by atoms with Crippen LogP contribution >= 0.6 is 0 Å². The third-order valence-corrected chi connectivity index (χ3v) is 7.19. The molecule has 1 atom stereocenters. The van der Waals surface area contributed by atoms with Gasteiger partial charge in [-0.25, -0.2) is 9.97 Å². The zero-order chi connectivity index (χ0) is 24.9. The molecule has 0 aliphatic carbocycles. The van der Waals surface area contributed by atoms with Crippen LogP contribution in [0.5, 0.6) is 11.5 Å². The number of fused-ring (bicyclic) bond motifs is 1. The summed E-state index contributed by atoms with van der Waals surface area (Å²) >= 11 is 0. The number of amides is 1. The Morgan fingerprint density at radius 1 is 1.06 bits per heavy atom. The van der Waals surface area contributed by atoms with Gasteiger partial charge in [-0.3, -0.25) is 4.79 Å². The molecule has 190 valence electrons. The highest BCUT2D eigenvalue weighted by molar-refractivity contribution is 5.91. The van der Waals surface area contributed by atoms with E-state index in [9.17, 15) is 4.79 Å². The smallest absolute Gasteiger partial charge is 0.225 e. The van der Waals surface area contributed by atoms with Crippen LogP contribution in [0.15, 0.2) is 48.8 Å². The highest BCUT2D eigenvalue weighted by atomic mass is 16.5. The van der Waals surface area contributed by atoms with Crippen molar-refractivity contribution in [3.05, 3.63) is 54.4 Å².